The molecule has 1 aliphatic rings. The number of imidazole rings is 1. The molecule has 1 saturated heterocycles. The number of carbonyl (C=O) groups is 1. The van der Waals surface area contributed by atoms with Crippen molar-refractivity contribution in [3.05, 3.63) is 67.0 Å². The maximum absolute atomic E-state index is 12.3. The van der Waals surface area contributed by atoms with Crippen LogP contribution in [0.1, 0.15) is 31.9 Å². The first-order valence-electron chi connectivity index (χ1n) is 11.5. The highest BCUT2D eigenvalue weighted by atomic mass is 127. The molecule has 9 nitrogen and oxygen atoms in total. The predicted octanol–water partition coefficient (Wildman–Crippen LogP) is 3.38. The highest BCUT2D eigenvalue weighted by Crippen LogP contribution is 2.27. The van der Waals surface area contributed by atoms with E-state index < -0.39 is 0 Å². The molecule has 0 saturated carbocycles. The summed E-state index contributed by atoms with van der Waals surface area (Å²) in [5.74, 6) is 1.39. The third-order valence-electron chi connectivity index (χ3n) is 5.95. The van der Waals surface area contributed by atoms with Crippen molar-refractivity contribution in [2.75, 3.05) is 25.0 Å². The second kappa shape index (κ2) is 12.5. The Labute approximate surface area is 217 Å². The molecule has 2 aromatic heterocycles. The Morgan fingerprint density at radius 2 is 2.12 bits per heavy atom. The SMILES string of the molecule is CCNC(=NCc1cccc(NC(=O)Cn2cccn2)c1)N1CCC(C)C(n2ccnc2)C1.I. The van der Waals surface area contributed by atoms with Crippen LogP contribution in [0.3, 0.4) is 0 Å². The highest BCUT2D eigenvalue weighted by Gasteiger charge is 2.28. The number of aromatic nitrogens is 4. The van der Waals surface area contributed by atoms with Crippen molar-refractivity contribution in [2.45, 2.75) is 39.4 Å². The molecular weight excluding hydrogens is 543 g/mol. The van der Waals surface area contributed by atoms with Crippen molar-refractivity contribution in [2.24, 2.45) is 10.9 Å². The summed E-state index contributed by atoms with van der Waals surface area (Å²) in [6, 6.07) is 10.0. The van der Waals surface area contributed by atoms with Gasteiger partial charge in [-0.1, -0.05) is 19.1 Å². The van der Waals surface area contributed by atoms with Gasteiger partial charge in [-0.2, -0.15) is 5.10 Å². The molecule has 1 amide bonds. The van der Waals surface area contributed by atoms with Crippen molar-refractivity contribution >= 4 is 41.5 Å². The van der Waals surface area contributed by atoms with Crippen LogP contribution >= 0.6 is 24.0 Å². The first kappa shape index (κ1) is 25.7. The average molecular weight is 576 g/mol. The number of rotatable bonds is 7. The number of anilines is 1. The molecular formula is C24H33IN8O. The van der Waals surface area contributed by atoms with Crippen LogP contribution in [0, 0.1) is 5.92 Å². The Bertz CT molecular complexity index is 1050. The molecule has 2 atom stereocenters. The summed E-state index contributed by atoms with van der Waals surface area (Å²) in [7, 11) is 0. The van der Waals surface area contributed by atoms with Crippen LogP contribution in [-0.4, -0.2) is 55.7 Å². The molecule has 3 aromatic rings. The molecule has 0 radical (unpaired) electrons. The van der Waals surface area contributed by atoms with Gasteiger partial charge in [0.2, 0.25) is 5.91 Å². The summed E-state index contributed by atoms with van der Waals surface area (Å²) in [6.45, 7) is 7.79. The standard InChI is InChI=1S/C24H32N8O.HI/c1-3-26-24(30-12-8-19(2)22(16-30)31-13-10-25-18-31)27-15-20-6-4-7-21(14-20)29-23(33)17-32-11-5-9-28-32;/h4-7,9-11,13-14,18-19,22H,3,8,12,15-17H2,1-2H3,(H,26,27)(H,29,33);1H. The molecule has 4 rings (SSSR count). The van der Waals surface area contributed by atoms with Crippen LogP contribution in [0.25, 0.3) is 0 Å². The summed E-state index contributed by atoms with van der Waals surface area (Å²) < 4.78 is 3.80. The minimum Gasteiger partial charge on any atom is -0.357 e. The van der Waals surface area contributed by atoms with E-state index in [2.05, 4.69) is 44.0 Å². The zero-order valence-corrected chi connectivity index (χ0v) is 22.0. The summed E-state index contributed by atoms with van der Waals surface area (Å²) in [6.07, 6.45) is 10.3. The number of hydrogen-bond donors (Lipinski definition) is 2. The molecule has 0 aliphatic carbocycles. The van der Waals surface area contributed by atoms with E-state index in [0.29, 0.717) is 18.5 Å². The van der Waals surface area contributed by atoms with Gasteiger partial charge in [0.05, 0.1) is 18.9 Å². The number of carbonyl (C=O) groups excluding carboxylic acids is 1. The number of guanidine groups is 1. The number of benzene rings is 1. The van der Waals surface area contributed by atoms with Crippen molar-refractivity contribution in [3.8, 4) is 0 Å². The second-order valence-corrected chi connectivity index (χ2v) is 8.41. The molecule has 3 heterocycles. The van der Waals surface area contributed by atoms with Gasteiger partial charge < -0.3 is 20.1 Å². The molecule has 2 N–H and O–H groups in total. The third kappa shape index (κ3) is 6.81. The number of piperidine rings is 1. The maximum Gasteiger partial charge on any atom is 0.246 e. The van der Waals surface area contributed by atoms with Gasteiger partial charge in [0.25, 0.3) is 0 Å². The number of halogens is 1. The van der Waals surface area contributed by atoms with Crippen LogP contribution in [0.2, 0.25) is 0 Å². The van der Waals surface area contributed by atoms with E-state index in [-0.39, 0.29) is 36.4 Å². The average Bonchev–Trinajstić information content (AvgIpc) is 3.52. The summed E-state index contributed by atoms with van der Waals surface area (Å²) in [4.78, 5) is 23.8. The quantitative estimate of drug-likeness (QED) is 0.256. The summed E-state index contributed by atoms with van der Waals surface area (Å²) in [5, 5.41) is 10.5. The summed E-state index contributed by atoms with van der Waals surface area (Å²) in [5.41, 5.74) is 1.80. The van der Waals surface area contributed by atoms with Gasteiger partial charge in [0, 0.05) is 50.1 Å². The van der Waals surface area contributed by atoms with Gasteiger partial charge in [-0.25, -0.2) is 9.98 Å². The van der Waals surface area contributed by atoms with Crippen molar-refractivity contribution < 1.29 is 4.79 Å². The number of amides is 1. The molecule has 0 bridgehead atoms. The number of hydrogen-bond acceptors (Lipinski definition) is 4. The Morgan fingerprint density at radius 1 is 1.24 bits per heavy atom. The first-order chi connectivity index (χ1) is 16.1. The Morgan fingerprint density at radius 3 is 2.85 bits per heavy atom. The van der Waals surface area contributed by atoms with E-state index in [4.69, 9.17) is 4.99 Å². The molecule has 1 aromatic carbocycles. The smallest absolute Gasteiger partial charge is 0.246 e. The van der Waals surface area contributed by atoms with E-state index in [1.54, 1.807) is 23.1 Å². The highest BCUT2D eigenvalue weighted by molar-refractivity contribution is 14.0. The minimum atomic E-state index is -0.110. The molecule has 34 heavy (non-hydrogen) atoms. The van der Waals surface area contributed by atoms with Crippen molar-refractivity contribution in [3.63, 3.8) is 0 Å². The van der Waals surface area contributed by atoms with Crippen LogP contribution < -0.4 is 10.6 Å². The molecule has 2 unspecified atom stereocenters. The monoisotopic (exact) mass is 576 g/mol. The van der Waals surface area contributed by atoms with E-state index >= 15 is 0 Å². The zero-order valence-electron chi connectivity index (χ0n) is 19.7. The molecule has 10 heteroatoms. The minimum absolute atomic E-state index is 0. The van der Waals surface area contributed by atoms with Crippen LogP contribution in [0.15, 0.2) is 66.4 Å². The molecule has 1 aliphatic heterocycles. The normalized spacial score (nSPS) is 18.3. The van der Waals surface area contributed by atoms with E-state index in [0.717, 1.165) is 43.3 Å². The van der Waals surface area contributed by atoms with Gasteiger partial charge in [0.1, 0.15) is 6.54 Å². The van der Waals surface area contributed by atoms with Crippen LogP contribution in [-0.2, 0) is 17.9 Å². The van der Waals surface area contributed by atoms with Crippen molar-refractivity contribution in [1.29, 1.82) is 0 Å². The first-order valence-corrected chi connectivity index (χ1v) is 11.5. The fourth-order valence-corrected chi connectivity index (χ4v) is 4.18. The van der Waals surface area contributed by atoms with Crippen molar-refractivity contribution in [1.82, 2.24) is 29.5 Å². The second-order valence-electron chi connectivity index (χ2n) is 8.41. The number of likely N-dealkylation sites (tertiary alicyclic amines) is 1. The lowest BCUT2D eigenvalue weighted by Crippen LogP contribution is -2.49. The number of nitrogens with one attached hydrogen (secondary N) is 2. The third-order valence-corrected chi connectivity index (χ3v) is 5.95. The predicted molar refractivity (Wildman–Crippen MR) is 144 cm³/mol. The summed E-state index contributed by atoms with van der Waals surface area (Å²) >= 11 is 0. The molecule has 1 fully saturated rings. The topological polar surface area (TPSA) is 92.4 Å². The lowest BCUT2D eigenvalue weighted by molar-refractivity contribution is -0.116. The molecule has 182 valence electrons. The Hall–Kier alpha value is -2.89. The van der Waals surface area contributed by atoms with Crippen LogP contribution in [0.4, 0.5) is 5.69 Å². The number of aliphatic imine (C=N–C) groups is 1. The number of nitrogens with zero attached hydrogens (tertiary/aromatic N) is 6. The lowest BCUT2D eigenvalue weighted by Gasteiger charge is -2.39. The van der Waals surface area contributed by atoms with Gasteiger partial charge in [0.15, 0.2) is 5.96 Å². The van der Waals surface area contributed by atoms with Crippen LogP contribution in [0.5, 0.6) is 0 Å². The van der Waals surface area contributed by atoms with Gasteiger partial charge in [-0.05, 0) is 43.0 Å². The fourth-order valence-electron chi connectivity index (χ4n) is 4.18. The van der Waals surface area contributed by atoms with Gasteiger partial charge in [-0.3, -0.25) is 9.48 Å². The van der Waals surface area contributed by atoms with E-state index in [9.17, 15) is 4.79 Å². The van der Waals surface area contributed by atoms with E-state index in [1.807, 2.05) is 43.0 Å². The van der Waals surface area contributed by atoms with Gasteiger partial charge >= 0.3 is 0 Å². The van der Waals surface area contributed by atoms with E-state index in [1.165, 1.54) is 0 Å². The maximum atomic E-state index is 12.3. The molecule has 0 spiro atoms. The zero-order chi connectivity index (χ0) is 23.0. The Balaban J connectivity index is 0.00000324. The van der Waals surface area contributed by atoms with Gasteiger partial charge in [-0.15, -0.1) is 24.0 Å². The largest absolute Gasteiger partial charge is 0.357 e. The fraction of sp³-hybridized carbons (Fsp3) is 0.417. The Kier molecular flexibility index (Phi) is 9.49. The lowest BCUT2D eigenvalue weighted by atomic mass is 9.93.